The van der Waals surface area contributed by atoms with Crippen LogP contribution >= 0.6 is 0 Å². The normalized spacial score (nSPS) is 11.4. The van der Waals surface area contributed by atoms with Crippen LogP contribution in [-0.2, 0) is 5.54 Å². The monoisotopic (exact) mass is 180 g/mol. The highest BCUT2D eigenvalue weighted by Gasteiger charge is 2.18. The highest BCUT2D eigenvalue weighted by Crippen LogP contribution is 2.18. The molecule has 1 aromatic rings. The minimum Gasteiger partial charge on any atom is -0.495 e. The molecule has 3 nitrogen and oxygen atoms in total. The fourth-order valence-electron chi connectivity index (χ4n) is 0.999. The molecule has 13 heavy (non-hydrogen) atoms. The Morgan fingerprint density at radius 2 is 2.08 bits per heavy atom. The van der Waals surface area contributed by atoms with Gasteiger partial charge in [-0.2, -0.15) is 0 Å². The standard InChI is InChI=1S/C10H16N2O/c1-10(2,11-3)9-6-5-8(13-4)7-12-9/h5-7,11H,1-4H3. The topological polar surface area (TPSA) is 34.1 Å². The first-order valence-corrected chi connectivity index (χ1v) is 4.29. The lowest BCUT2D eigenvalue weighted by molar-refractivity contribution is 0.405. The van der Waals surface area contributed by atoms with Crippen LogP contribution in [0.5, 0.6) is 5.75 Å². The van der Waals surface area contributed by atoms with E-state index in [4.69, 9.17) is 4.74 Å². The van der Waals surface area contributed by atoms with Gasteiger partial charge in [-0.1, -0.05) is 0 Å². The molecule has 0 unspecified atom stereocenters. The van der Waals surface area contributed by atoms with Crippen LogP contribution in [0, 0.1) is 0 Å². The lowest BCUT2D eigenvalue weighted by atomic mass is 10.0. The Balaban J connectivity index is 2.92. The maximum Gasteiger partial charge on any atom is 0.137 e. The van der Waals surface area contributed by atoms with Gasteiger partial charge < -0.3 is 10.1 Å². The summed E-state index contributed by atoms with van der Waals surface area (Å²) in [5, 5.41) is 3.19. The summed E-state index contributed by atoms with van der Waals surface area (Å²) in [6, 6.07) is 3.89. The quantitative estimate of drug-likeness (QED) is 0.766. The van der Waals surface area contributed by atoms with E-state index in [0.717, 1.165) is 11.4 Å². The molecule has 0 spiro atoms. The van der Waals surface area contributed by atoms with Crippen LogP contribution < -0.4 is 10.1 Å². The smallest absolute Gasteiger partial charge is 0.137 e. The Hall–Kier alpha value is -1.09. The second kappa shape index (κ2) is 3.75. The largest absolute Gasteiger partial charge is 0.495 e. The van der Waals surface area contributed by atoms with E-state index in [9.17, 15) is 0 Å². The Bertz CT molecular complexity index is 267. The van der Waals surface area contributed by atoms with Crippen molar-refractivity contribution in [3.05, 3.63) is 24.0 Å². The Kier molecular flexibility index (Phi) is 2.88. The predicted molar refractivity (Wildman–Crippen MR) is 52.9 cm³/mol. The zero-order valence-corrected chi connectivity index (χ0v) is 8.59. The van der Waals surface area contributed by atoms with Gasteiger partial charge in [0.25, 0.3) is 0 Å². The second-order valence-corrected chi connectivity index (χ2v) is 3.46. The number of aromatic nitrogens is 1. The van der Waals surface area contributed by atoms with E-state index in [-0.39, 0.29) is 5.54 Å². The summed E-state index contributed by atoms with van der Waals surface area (Å²) in [6.45, 7) is 4.17. The first-order valence-electron chi connectivity index (χ1n) is 4.29. The zero-order valence-electron chi connectivity index (χ0n) is 8.59. The van der Waals surface area contributed by atoms with Gasteiger partial charge >= 0.3 is 0 Å². The number of methoxy groups -OCH3 is 1. The van der Waals surface area contributed by atoms with Gasteiger partial charge in [-0.05, 0) is 33.0 Å². The number of ether oxygens (including phenoxy) is 1. The third kappa shape index (κ3) is 2.18. The van der Waals surface area contributed by atoms with Gasteiger partial charge in [0.05, 0.1) is 24.5 Å². The van der Waals surface area contributed by atoms with Gasteiger partial charge in [-0.15, -0.1) is 0 Å². The van der Waals surface area contributed by atoms with Crippen molar-refractivity contribution in [1.29, 1.82) is 0 Å². The molecule has 0 saturated carbocycles. The molecule has 3 heteroatoms. The first-order chi connectivity index (χ1) is 6.10. The summed E-state index contributed by atoms with van der Waals surface area (Å²) in [6.07, 6.45) is 1.73. The number of nitrogens with zero attached hydrogens (tertiary/aromatic N) is 1. The van der Waals surface area contributed by atoms with E-state index >= 15 is 0 Å². The van der Waals surface area contributed by atoms with Crippen molar-refractivity contribution in [1.82, 2.24) is 10.3 Å². The van der Waals surface area contributed by atoms with Crippen LogP contribution in [0.3, 0.4) is 0 Å². The molecular formula is C10H16N2O. The average Bonchev–Trinajstić information content (AvgIpc) is 2.18. The Morgan fingerprint density at radius 3 is 2.46 bits per heavy atom. The highest BCUT2D eigenvalue weighted by molar-refractivity contribution is 5.23. The Morgan fingerprint density at radius 1 is 1.38 bits per heavy atom. The second-order valence-electron chi connectivity index (χ2n) is 3.46. The molecule has 0 aromatic carbocycles. The molecule has 1 heterocycles. The molecular weight excluding hydrogens is 164 g/mol. The minimum atomic E-state index is -0.0910. The van der Waals surface area contributed by atoms with Gasteiger partial charge in [0, 0.05) is 0 Å². The van der Waals surface area contributed by atoms with Gasteiger partial charge in [-0.3, -0.25) is 4.98 Å². The third-order valence-electron chi connectivity index (χ3n) is 2.24. The van der Waals surface area contributed by atoms with Crippen molar-refractivity contribution in [2.24, 2.45) is 0 Å². The molecule has 0 saturated heterocycles. The van der Waals surface area contributed by atoms with Crippen molar-refractivity contribution in [2.75, 3.05) is 14.2 Å². The maximum absolute atomic E-state index is 5.03. The van der Waals surface area contributed by atoms with Gasteiger partial charge in [0.2, 0.25) is 0 Å². The molecule has 0 aliphatic heterocycles. The third-order valence-corrected chi connectivity index (χ3v) is 2.24. The van der Waals surface area contributed by atoms with E-state index in [1.165, 1.54) is 0 Å². The van der Waals surface area contributed by atoms with Crippen LogP contribution in [-0.4, -0.2) is 19.1 Å². The van der Waals surface area contributed by atoms with Crippen LogP contribution in [0.15, 0.2) is 18.3 Å². The molecule has 72 valence electrons. The summed E-state index contributed by atoms with van der Waals surface area (Å²) >= 11 is 0. The average molecular weight is 180 g/mol. The summed E-state index contributed by atoms with van der Waals surface area (Å²) in [5.74, 6) is 0.788. The first kappa shape index (κ1) is 9.99. The SMILES string of the molecule is CNC(C)(C)c1ccc(OC)cn1. The van der Waals surface area contributed by atoms with Crippen molar-refractivity contribution >= 4 is 0 Å². The number of pyridine rings is 1. The maximum atomic E-state index is 5.03. The van der Waals surface area contributed by atoms with Gasteiger partial charge in [-0.25, -0.2) is 0 Å². The lowest BCUT2D eigenvalue weighted by Gasteiger charge is -2.23. The van der Waals surface area contributed by atoms with Crippen LogP contribution in [0.1, 0.15) is 19.5 Å². The van der Waals surface area contributed by atoms with Crippen molar-refractivity contribution < 1.29 is 4.74 Å². The van der Waals surface area contributed by atoms with Gasteiger partial charge in [0.1, 0.15) is 5.75 Å². The number of hydrogen-bond acceptors (Lipinski definition) is 3. The van der Waals surface area contributed by atoms with Crippen LogP contribution in [0.25, 0.3) is 0 Å². The lowest BCUT2D eigenvalue weighted by Crippen LogP contribution is -2.33. The summed E-state index contributed by atoms with van der Waals surface area (Å²) in [5.41, 5.74) is 0.919. The number of nitrogens with one attached hydrogen (secondary N) is 1. The Labute approximate surface area is 79.1 Å². The van der Waals surface area contributed by atoms with E-state index < -0.39 is 0 Å². The highest BCUT2D eigenvalue weighted by atomic mass is 16.5. The predicted octanol–water partition coefficient (Wildman–Crippen LogP) is 1.54. The molecule has 0 fully saturated rings. The van der Waals surface area contributed by atoms with E-state index in [0.29, 0.717) is 0 Å². The van der Waals surface area contributed by atoms with E-state index in [2.05, 4.69) is 24.1 Å². The number of rotatable bonds is 3. The van der Waals surface area contributed by atoms with Crippen molar-refractivity contribution in [3.63, 3.8) is 0 Å². The summed E-state index contributed by atoms with van der Waals surface area (Å²) in [7, 11) is 3.56. The molecule has 0 amide bonds. The zero-order chi connectivity index (χ0) is 9.90. The molecule has 0 radical (unpaired) electrons. The van der Waals surface area contributed by atoms with E-state index in [1.807, 2.05) is 19.2 Å². The van der Waals surface area contributed by atoms with E-state index in [1.54, 1.807) is 13.3 Å². The molecule has 0 bridgehead atoms. The van der Waals surface area contributed by atoms with Crippen molar-refractivity contribution in [3.8, 4) is 5.75 Å². The van der Waals surface area contributed by atoms with Crippen LogP contribution in [0.2, 0.25) is 0 Å². The molecule has 0 aliphatic carbocycles. The fourth-order valence-corrected chi connectivity index (χ4v) is 0.999. The molecule has 1 rings (SSSR count). The summed E-state index contributed by atoms with van der Waals surface area (Å²) < 4.78 is 5.03. The molecule has 0 aliphatic rings. The minimum absolute atomic E-state index is 0.0910. The fraction of sp³-hybridized carbons (Fsp3) is 0.500. The van der Waals surface area contributed by atoms with Crippen LogP contribution in [0.4, 0.5) is 0 Å². The summed E-state index contributed by atoms with van der Waals surface area (Å²) in [4.78, 5) is 4.30. The molecule has 1 aromatic heterocycles. The van der Waals surface area contributed by atoms with Gasteiger partial charge in [0.15, 0.2) is 0 Å². The van der Waals surface area contributed by atoms with Crippen molar-refractivity contribution in [2.45, 2.75) is 19.4 Å². The molecule has 0 atom stereocenters. The molecule has 1 N–H and O–H groups in total. The number of hydrogen-bond donors (Lipinski definition) is 1.